The van der Waals surface area contributed by atoms with E-state index in [1.54, 1.807) is 0 Å². The largest absolute Gasteiger partial charge is 0.368 e. The molecule has 1 aliphatic heterocycles. The Morgan fingerprint density at radius 3 is 2.55 bits per heavy atom. The number of piperazine rings is 1. The number of hydrogen-bond acceptors (Lipinski definition) is 5. The van der Waals surface area contributed by atoms with Crippen LogP contribution >= 0.6 is 23.1 Å². The van der Waals surface area contributed by atoms with Gasteiger partial charge >= 0.3 is 0 Å². The first-order valence-corrected chi connectivity index (χ1v) is 8.38. The SMILES string of the molecule is Cc1cccc(N2CCN(c3snc(Cl)c3C#N)CC2)c1C. The Balaban J connectivity index is 1.75. The minimum Gasteiger partial charge on any atom is -0.368 e. The summed E-state index contributed by atoms with van der Waals surface area (Å²) in [6.07, 6.45) is 0. The standard InChI is InChI=1S/C16H17ClN4S/c1-11-4-3-5-14(12(11)2)20-6-8-21(9-7-20)16-13(10-18)15(17)19-22-16/h3-5H,6-9H2,1-2H3. The molecular formula is C16H17ClN4S. The van der Waals surface area contributed by atoms with Gasteiger partial charge in [-0.3, -0.25) is 0 Å². The lowest BCUT2D eigenvalue weighted by atomic mass is 10.1. The first-order chi connectivity index (χ1) is 10.6. The zero-order valence-corrected chi connectivity index (χ0v) is 14.2. The van der Waals surface area contributed by atoms with E-state index in [1.807, 2.05) is 0 Å². The smallest absolute Gasteiger partial charge is 0.162 e. The highest BCUT2D eigenvalue weighted by Crippen LogP contribution is 2.32. The molecular weight excluding hydrogens is 316 g/mol. The van der Waals surface area contributed by atoms with Gasteiger partial charge in [-0.2, -0.15) is 9.64 Å². The molecule has 114 valence electrons. The molecule has 0 bridgehead atoms. The minimum absolute atomic E-state index is 0.319. The summed E-state index contributed by atoms with van der Waals surface area (Å²) in [5.41, 5.74) is 4.48. The number of aryl methyl sites for hydroxylation is 1. The van der Waals surface area contributed by atoms with Gasteiger partial charge in [-0.25, -0.2) is 0 Å². The Morgan fingerprint density at radius 1 is 1.18 bits per heavy atom. The number of benzene rings is 1. The molecule has 0 spiro atoms. The quantitative estimate of drug-likeness (QED) is 0.842. The molecule has 2 heterocycles. The van der Waals surface area contributed by atoms with Gasteiger partial charge in [0.25, 0.3) is 0 Å². The first kappa shape index (κ1) is 15.1. The molecule has 0 amide bonds. The van der Waals surface area contributed by atoms with Crippen LogP contribution in [0.3, 0.4) is 0 Å². The van der Waals surface area contributed by atoms with Crippen LogP contribution in [0.1, 0.15) is 16.7 Å². The Morgan fingerprint density at radius 2 is 1.86 bits per heavy atom. The van der Waals surface area contributed by atoms with Crippen molar-refractivity contribution >= 4 is 33.8 Å². The van der Waals surface area contributed by atoms with Gasteiger partial charge in [0.1, 0.15) is 16.6 Å². The third-order valence-corrected chi connectivity index (χ3v) is 5.51. The Hall–Kier alpha value is -1.77. The van der Waals surface area contributed by atoms with Crippen molar-refractivity contribution in [2.75, 3.05) is 36.0 Å². The van der Waals surface area contributed by atoms with E-state index >= 15 is 0 Å². The van der Waals surface area contributed by atoms with Crippen molar-refractivity contribution in [1.29, 1.82) is 5.26 Å². The molecule has 1 aromatic heterocycles. The van der Waals surface area contributed by atoms with Crippen LogP contribution in [0, 0.1) is 25.2 Å². The van der Waals surface area contributed by atoms with Gasteiger partial charge in [0, 0.05) is 31.9 Å². The molecule has 0 saturated carbocycles. The molecule has 1 fully saturated rings. The predicted molar refractivity (Wildman–Crippen MR) is 92.2 cm³/mol. The van der Waals surface area contributed by atoms with Gasteiger partial charge in [-0.05, 0) is 42.6 Å². The summed E-state index contributed by atoms with van der Waals surface area (Å²) in [6, 6.07) is 8.60. The van der Waals surface area contributed by atoms with E-state index in [2.05, 4.69) is 52.3 Å². The summed E-state index contributed by atoms with van der Waals surface area (Å²) in [5.74, 6) is 0. The van der Waals surface area contributed by atoms with E-state index in [4.69, 9.17) is 11.6 Å². The molecule has 22 heavy (non-hydrogen) atoms. The van der Waals surface area contributed by atoms with Gasteiger partial charge in [0.15, 0.2) is 5.15 Å². The molecule has 4 nitrogen and oxygen atoms in total. The van der Waals surface area contributed by atoms with E-state index in [0.717, 1.165) is 31.2 Å². The maximum absolute atomic E-state index is 9.21. The molecule has 0 atom stereocenters. The van der Waals surface area contributed by atoms with E-state index in [0.29, 0.717) is 10.7 Å². The Bertz CT molecular complexity index is 716. The highest BCUT2D eigenvalue weighted by atomic mass is 35.5. The topological polar surface area (TPSA) is 43.2 Å². The third-order valence-electron chi connectivity index (χ3n) is 4.23. The first-order valence-electron chi connectivity index (χ1n) is 7.23. The number of nitrogens with zero attached hydrogens (tertiary/aromatic N) is 4. The monoisotopic (exact) mass is 332 g/mol. The maximum atomic E-state index is 9.21. The van der Waals surface area contributed by atoms with Gasteiger partial charge in [-0.15, -0.1) is 0 Å². The van der Waals surface area contributed by atoms with E-state index < -0.39 is 0 Å². The lowest BCUT2D eigenvalue weighted by Gasteiger charge is -2.37. The van der Waals surface area contributed by atoms with Crippen molar-refractivity contribution in [2.45, 2.75) is 13.8 Å². The van der Waals surface area contributed by atoms with Crippen molar-refractivity contribution in [3.63, 3.8) is 0 Å². The zero-order valence-electron chi connectivity index (χ0n) is 12.6. The van der Waals surface area contributed by atoms with E-state index in [1.165, 1.54) is 28.3 Å². The summed E-state index contributed by atoms with van der Waals surface area (Å²) >= 11 is 7.28. The molecule has 0 radical (unpaired) electrons. The Labute approximate surface area is 139 Å². The fourth-order valence-electron chi connectivity index (χ4n) is 2.80. The summed E-state index contributed by atoms with van der Waals surface area (Å²) in [4.78, 5) is 4.62. The molecule has 0 aliphatic carbocycles. The third kappa shape index (κ3) is 2.65. The number of hydrogen-bond donors (Lipinski definition) is 0. The number of rotatable bonds is 2. The lowest BCUT2D eigenvalue weighted by molar-refractivity contribution is 0.655. The van der Waals surface area contributed by atoms with Crippen LogP contribution in [0.15, 0.2) is 18.2 Å². The van der Waals surface area contributed by atoms with Crippen LogP contribution in [0.2, 0.25) is 5.15 Å². The normalized spacial score (nSPS) is 15.0. The van der Waals surface area contributed by atoms with Crippen molar-refractivity contribution < 1.29 is 0 Å². The van der Waals surface area contributed by atoms with Crippen LogP contribution in [0.5, 0.6) is 0 Å². The second-order valence-electron chi connectivity index (χ2n) is 5.46. The molecule has 1 aromatic carbocycles. The number of nitriles is 1. The number of anilines is 2. The van der Waals surface area contributed by atoms with Gasteiger partial charge in [0.05, 0.1) is 0 Å². The average molecular weight is 333 g/mol. The Kier molecular flexibility index (Phi) is 4.23. The van der Waals surface area contributed by atoms with Crippen molar-refractivity contribution in [1.82, 2.24) is 4.37 Å². The van der Waals surface area contributed by atoms with E-state index in [9.17, 15) is 5.26 Å². The van der Waals surface area contributed by atoms with E-state index in [-0.39, 0.29) is 0 Å². The molecule has 0 N–H and O–H groups in total. The van der Waals surface area contributed by atoms with Gasteiger partial charge in [0.2, 0.25) is 0 Å². The fourth-order valence-corrected chi connectivity index (χ4v) is 3.88. The highest BCUT2D eigenvalue weighted by molar-refractivity contribution is 7.10. The molecule has 6 heteroatoms. The molecule has 3 rings (SSSR count). The molecule has 1 aliphatic rings. The highest BCUT2D eigenvalue weighted by Gasteiger charge is 2.23. The van der Waals surface area contributed by atoms with Crippen LogP contribution in [-0.4, -0.2) is 30.6 Å². The molecule has 0 unspecified atom stereocenters. The summed E-state index contributed by atoms with van der Waals surface area (Å²) in [6.45, 7) is 7.94. The zero-order chi connectivity index (χ0) is 15.7. The van der Waals surface area contributed by atoms with Gasteiger partial charge in [-0.1, -0.05) is 23.7 Å². The summed E-state index contributed by atoms with van der Waals surface area (Å²) < 4.78 is 4.09. The summed E-state index contributed by atoms with van der Waals surface area (Å²) in [7, 11) is 0. The van der Waals surface area contributed by atoms with Crippen LogP contribution in [0.25, 0.3) is 0 Å². The van der Waals surface area contributed by atoms with Crippen LogP contribution < -0.4 is 9.80 Å². The van der Waals surface area contributed by atoms with Crippen molar-refractivity contribution in [3.05, 3.63) is 40.0 Å². The van der Waals surface area contributed by atoms with Crippen LogP contribution in [-0.2, 0) is 0 Å². The van der Waals surface area contributed by atoms with Crippen molar-refractivity contribution in [3.8, 4) is 6.07 Å². The van der Waals surface area contributed by atoms with Crippen molar-refractivity contribution in [2.24, 2.45) is 0 Å². The number of aromatic nitrogens is 1. The average Bonchev–Trinajstić information content (AvgIpc) is 2.91. The molecule has 2 aromatic rings. The summed E-state index contributed by atoms with van der Waals surface area (Å²) in [5, 5.41) is 10.4. The van der Waals surface area contributed by atoms with Crippen LogP contribution in [0.4, 0.5) is 10.7 Å². The number of halogens is 1. The second-order valence-corrected chi connectivity index (χ2v) is 6.57. The van der Waals surface area contributed by atoms with Gasteiger partial charge < -0.3 is 9.80 Å². The fraction of sp³-hybridized carbons (Fsp3) is 0.375. The predicted octanol–water partition coefficient (Wildman–Crippen LogP) is 3.61. The molecule has 1 saturated heterocycles. The maximum Gasteiger partial charge on any atom is 0.162 e. The minimum atomic E-state index is 0.319. The lowest BCUT2D eigenvalue weighted by Crippen LogP contribution is -2.46. The second kappa shape index (κ2) is 6.15.